The van der Waals surface area contributed by atoms with Crippen molar-refractivity contribution in [2.24, 2.45) is 0 Å². The van der Waals surface area contributed by atoms with Crippen LogP contribution < -0.4 is 0 Å². The zero-order chi connectivity index (χ0) is 13.2. The zero-order valence-corrected chi connectivity index (χ0v) is 11.6. The second-order valence-corrected chi connectivity index (χ2v) is 6.55. The van der Waals surface area contributed by atoms with Crippen LogP contribution in [0.15, 0.2) is 30.3 Å². The lowest BCUT2D eigenvalue weighted by Gasteiger charge is -2.40. The molecule has 0 aromatic heterocycles. The van der Waals surface area contributed by atoms with E-state index in [1.54, 1.807) is 12.1 Å². The van der Waals surface area contributed by atoms with Gasteiger partial charge in [0.2, 0.25) is 0 Å². The summed E-state index contributed by atoms with van der Waals surface area (Å²) in [4.78, 5) is 2.18. The van der Waals surface area contributed by atoms with E-state index in [0.717, 1.165) is 5.56 Å². The molecule has 1 aromatic carbocycles. The summed E-state index contributed by atoms with van der Waals surface area (Å²) in [5.74, 6) is -0.0496. The maximum absolute atomic E-state index is 11.8. The van der Waals surface area contributed by atoms with Crippen LogP contribution in [-0.4, -0.2) is 38.6 Å². The van der Waals surface area contributed by atoms with Crippen molar-refractivity contribution in [1.29, 1.82) is 0 Å². The largest absolute Gasteiger partial charge is 0.296 e. The fourth-order valence-electron chi connectivity index (χ4n) is 1.97. The Balaban J connectivity index is 1.86. The molecule has 1 heterocycles. The van der Waals surface area contributed by atoms with Crippen LogP contribution >= 0.6 is 0 Å². The van der Waals surface area contributed by atoms with Crippen molar-refractivity contribution in [2.45, 2.75) is 31.7 Å². The van der Waals surface area contributed by atoms with Gasteiger partial charge in [-0.05, 0) is 19.4 Å². The highest BCUT2D eigenvalue weighted by Gasteiger charge is 2.32. The van der Waals surface area contributed by atoms with Crippen LogP contribution in [0.2, 0.25) is 0 Å². The van der Waals surface area contributed by atoms with Gasteiger partial charge in [0.1, 0.15) is 11.9 Å². The lowest BCUT2D eigenvalue weighted by molar-refractivity contribution is 0.00389. The fraction of sp³-hybridized carbons (Fsp3) is 0.538. The van der Waals surface area contributed by atoms with Crippen molar-refractivity contribution in [3.63, 3.8) is 0 Å². The molecule has 0 saturated carbocycles. The molecule has 1 aliphatic heterocycles. The maximum atomic E-state index is 11.8. The van der Waals surface area contributed by atoms with Crippen LogP contribution in [0.5, 0.6) is 0 Å². The number of nitrogens with zero attached hydrogens (tertiary/aromatic N) is 1. The number of likely N-dealkylation sites (tertiary alicyclic amines) is 1. The van der Waals surface area contributed by atoms with Crippen molar-refractivity contribution >= 4 is 10.1 Å². The molecule has 0 N–H and O–H groups in total. The van der Waals surface area contributed by atoms with Crippen LogP contribution in [0.4, 0.5) is 0 Å². The van der Waals surface area contributed by atoms with E-state index >= 15 is 0 Å². The van der Waals surface area contributed by atoms with E-state index in [-0.39, 0.29) is 11.9 Å². The van der Waals surface area contributed by atoms with Crippen molar-refractivity contribution in [3.8, 4) is 0 Å². The van der Waals surface area contributed by atoms with E-state index in [2.05, 4.69) is 18.7 Å². The number of rotatable bonds is 5. The zero-order valence-electron chi connectivity index (χ0n) is 10.7. The SMILES string of the molecule is CC(C)N1CC(OS(=O)(=O)Cc2ccccc2)C1. The molecule has 0 amide bonds. The second kappa shape index (κ2) is 5.38. The lowest BCUT2D eigenvalue weighted by Crippen LogP contribution is -2.55. The topological polar surface area (TPSA) is 46.6 Å². The minimum absolute atomic E-state index is 0.0496. The van der Waals surface area contributed by atoms with Gasteiger partial charge in [0, 0.05) is 19.1 Å². The lowest BCUT2D eigenvalue weighted by atomic mass is 10.1. The van der Waals surface area contributed by atoms with Crippen LogP contribution in [0.3, 0.4) is 0 Å². The summed E-state index contributed by atoms with van der Waals surface area (Å²) in [6, 6.07) is 9.55. The standard InChI is InChI=1S/C13H19NO3S/c1-11(2)14-8-13(9-14)17-18(15,16)10-12-6-4-3-5-7-12/h3-7,11,13H,8-10H2,1-2H3. The Labute approximate surface area is 109 Å². The molecule has 1 aliphatic rings. The molecule has 0 spiro atoms. The van der Waals surface area contributed by atoms with Crippen LogP contribution in [0.25, 0.3) is 0 Å². The molecular formula is C13H19NO3S. The summed E-state index contributed by atoms with van der Waals surface area (Å²) in [5.41, 5.74) is 0.762. The molecule has 18 heavy (non-hydrogen) atoms. The predicted molar refractivity (Wildman–Crippen MR) is 70.6 cm³/mol. The van der Waals surface area contributed by atoms with Crippen LogP contribution in [0.1, 0.15) is 19.4 Å². The van der Waals surface area contributed by atoms with E-state index in [1.807, 2.05) is 18.2 Å². The number of hydrogen-bond donors (Lipinski definition) is 0. The molecule has 100 valence electrons. The van der Waals surface area contributed by atoms with Gasteiger partial charge in [0.15, 0.2) is 0 Å². The number of hydrogen-bond acceptors (Lipinski definition) is 4. The average molecular weight is 269 g/mol. The molecule has 4 nitrogen and oxygen atoms in total. The van der Waals surface area contributed by atoms with Gasteiger partial charge in [-0.3, -0.25) is 9.08 Å². The van der Waals surface area contributed by atoms with Crippen molar-refractivity contribution in [1.82, 2.24) is 4.90 Å². The number of benzene rings is 1. The Bertz CT molecular complexity index is 478. The summed E-state index contributed by atoms with van der Waals surface area (Å²) in [7, 11) is -3.47. The highest BCUT2D eigenvalue weighted by Crippen LogP contribution is 2.18. The summed E-state index contributed by atoms with van der Waals surface area (Å²) in [6.45, 7) is 5.58. The Morgan fingerprint density at radius 3 is 2.44 bits per heavy atom. The summed E-state index contributed by atoms with van der Waals surface area (Å²) < 4.78 is 28.9. The highest BCUT2D eigenvalue weighted by atomic mass is 32.2. The third kappa shape index (κ3) is 3.54. The Hall–Kier alpha value is -0.910. The minimum Gasteiger partial charge on any atom is -0.296 e. The predicted octanol–water partition coefficient (Wildman–Crippen LogP) is 1.63. The summed E-state index contributed by atoms with van der Waals surface area (Å²) >= 11 is 0. The first-order valence-electron chi connectivity index (χ1n) is 6.15. The van der Waals surface area contributed by atoms with Gasteiger partial charge in [-0.2, -0.15) is 8.42 Å². The molecule has 0 bridgehead atoms. The highest BCUT2D eigenvalue weighted by molar-refractivity contribution is 7.85. The van der Waals surface area contributed by atoms with Gasteiger partial charge in [0.25, 0.3) is 10.1 Å². The van der Waals surface area contributed by atoms with E-state index in [0.29, 0.717) is 19.1 Å². The first kappa shape index (κ1) is 13.5. The molecule has 0 aliphatic carbocycles. The summed E-state index contributed by atoms with van der Waals surface area (Å²) in [6.07, 6.45) is -0.180. The van der Waals surface area contributed by atoms with Crippen LogP contribution in [0, 0.1) is 0 Å². The van der Waals surface area contributed by atoms with Gasteiger partial charge in [-0.25, -0.2) is 0 Å². The van der Waals surface area contributed by atoms with Crippen molar-refractivity contribution in [3.05, 3.63) is 35.9 Å². The molecular weight excluding hydrogens is 250 g/mol. The molecule has 0 atom stereocenters. The second-order valence-electron chi connectivity index (χ2n) is 4.95. The molecule has 2 rings (SSSR count). The molecule has 1 aromatic rings. The summed E-state index contributed by atoms with van der Waals surface area (Å²) in [5, 5.41) is 0. The Morgan fingerprint density at radius 1 is 1.28 bits per heavy atom. The fourth-order valence-corrected chi connectivity index (χ4v) is 3.18. The van der Waals surface area contributed by atoms with Crippen LogP contribution in [-0.2, 0) is 20.1 Å². The molecule has 0 unspecified atom stereocenters. The first-order valence-corrected chi connectivity index (χ1v) is 7.73. The van der Waals surface area contributed by atoms with Gasteiger partial charge in [0.05, 0.1) is 0 Å². The van der Waals surface area contributed by atoms with E-state index in [1.165, 1.54) is 0 Å². The molecule has 1 saturated heterocycles. The van der Waals surface area contributed by atoms with Gasteiger partial charge in [-0.1, -0.05) is 30.3 Å². The van der Waals surface area contributed by atoms with Crippen molar-refractivity contribution < 1.29 is 12.6 Å². The smallest absolute Gasteiger partial charge is 0.271 e. The van der Waals surface area contributed by atoms with Gasteiger partial charge >= 0.3 is 0 Å². The normalized spacial score (nSPS) is 17.9. The van der Waals surface area contributed by atoms with E-state index in [9.17, 15) is 8.42 Å². The quantitative estimate of drug-likeness (QED) is 0.762. The third-order valence-electron chi connectivity index (χ3n) is 3.08. The Morgan fingerprint density at radius 2 is 1.89 bits per heavy atom. The van der Waals surface area contributed by atoms with Gasteiger partial charge < -0.3 is 0 Å². The Kier molecular flexibility index (Phi) is 4.04. The van der Waals surface area contributed by atoms with Gasteiger partial charge in [-0.15, -0.1) is 0 Å². The average Bonchev–Trinajstić information content (AvgIpc) is 2.23. The molecule has 5 heteroatoms. The maximum Gasteiger partial charge on any atom is 0.271 e. The molecule has 0 radical (unpaired) electrons. The third-order valence-corrected chi connectivity index (χ3v) is 4.33. The first-order chi connectivity index (χ1) is 8.46. The minimum atomic E-state index is -3.47. The van der Waals surface area contributed by atoms with Crippen molar-refractivity contribution in [2.75, 3.05) is 13.1 Å². The monoisotopic (exact) mass is 269 g/mol. The van der Waals surface area contributed by atoms with E-state index in [4.69, 9.17) is 4.18 Å². The molecule has 1 fully saturated rings. The van der Waals surface area contributed by atoms with E-state index < -0.39 is 10.1 Å².